The Hall–Kier alpha value is -2.43. The zero-order chi connectivity index (χ0) is 11.4. The third-order valence-corrected chi connectivity index (χ3v) is 2.00. The van der Waals surface area contributed by atoms with Crippen molar-refractivity contribution in [1.29, 1.82) is 0 Å². The number of nitrogens with one attached hydrogen (secondary N) is 1. The summed E-state index contributed by atoms with van der Waals surface area (Å²) in [6.07, 6.45) is 0.432. The lowest BCUT2D eigenvalue weighted by Crippen LogP contribution is -2.09. The maximum Gasteiger partial charge on any atom is 0.410 e. The van der Waals surface area contributed by atoms with E-state index in [1.54, 1.807) is 12.3 Å². The summed E-state index contributed by atoms with van der Waals surface area (Å²) in [5.41, 5.74) is 1.78. The number of benzene rings is 1. The van der Waals surface area contributed by atoms with Crippen LogP contribution in [0.2, 0.25) is 0 Å². The van der Waals surface area contributed by atoms with Crippen LogP contribution in [0.5, 0.6) is 0 Å². The minimum absolute atomic E-state index is 0.217. The van der Waals surface area contributed by atoms with Crippen LogP contribution < -0.4 is 5.32 Å². The SMILES string of the molecule is O=C(O)Nc1cc(-c2ccccc2)cnn1. The van der Waals surface area contributed by atoms with Crippen LogP contribution in [0, 0.1) is 0 Å². The molecule has 16 heavy (non-hydrogen) atoms. The maximum atomic E-state index is 10.4. The number of aromatic nitrogens is 2. The molecule has 0 atom stereocenters. The second-order valence-electron chi connectivity index (χ2n) is 3.13. The number of carbonyl (C=O) groups is 1. The fourth-order valence-electron chi connectivity index (χ4n) is 1.33. The summed E-state index contributed by atoms with van der Waals surface area (Å²) >= 11 is 0. The molecular formula is C11H9N3O2. The van der Waals surface area contributed by atoms with Gasteiger partial charge in [0.1, 0.15) is 0 Å². The molecule has 1 aromatic carbocycles. The highest BCUT2D eigenvalue weighted by Crippen LogP contribution is 2.19. The molecule has 0 bridgehead atoms. The Morgan fingerprint density at radius 1 is 1.19 bits per heavy atom. The number of amides is 1. The van der Waals surface area contributed by atoms with E-state index in [1.165, 1.54) is 0 Å². The molecule has 2 aromatic rings. The largest absolute Gasteiger partial charge is 0.465 e. The van der Waals surface area contributed by atoms with Gasteiger partial charge in [0, 0.05) is 5.56 Å². The van der Waals surface area contributed by atoms with Gasteiger partial charge in [-0.25, -0.2) is 4.79 Å². The van der Waals surface area contributed by atoms with E-state index in [0.29, 0.717) is 0 Å². The molecule has 5 heteroatoms. The van der Waals surface area contributed by atoms with Crippen LogP contribution in [-0.4, -0.2) is 21.4 Å². The van der Waals surface area contributed by atoms with Crippen LogP contribution in [0.1, 0.15) is 0 Å². The fourth-order valence-corrected chi connectivity index (χ4v) is 1.33. The molecular weight excluding hydrogens is 206 g/mol. The Bertz CT molecular complexity index is 500. The van der Waals surface area contributed by atoms with E-state index in [9.17, 15) is 4.79 Å². The van der Waals surface area contributed by atoms with Crippen molar-refractivity contribution >= 4 is 11.9 Å². The number of anilines is 1. The van der Waals surface area contributed by atoms with Gasteiger partial charge in [-0.05, 0) is 11.6 Å². The molecule has 0 unspecified atom stereocenters. The first-order valence-corrected chi connectivity index (χ1v) is 4.64. The summed E-state index contributed by atoms with van der Waals surface area (Å²) < 4.78 is 0. The van der Waals surface area contributed by atoms with Gasteiger partial charge in [0.25, 0.3) is 0 Å². The van der Waals surface area contributed by atoms with Crippen molar-refractivity contribution in [2.45, 2.75) is 0 Å². The molecule has 0 spiro atoms. The number of hydrogen-bond donors (Lipinski definition) is 2. The van der Waals surface area contributed by atoms with Crippen molar-refractivity contribution < 1.29 is 9.90 Å². The van der Waals surface area contributed by atoms with E-state index < -0.39 is 6.09 Å². The predicted molar refractivity (Wildman–Crippen MR) is 59.1 cm³/mol. The molecule has 80 valence electrons. The van der Waals surface area contributed by atoms with Gasteiger partial charge in [-0.1, -0.05) is 30.3 Å². The smallest absolute Gasteiger partial charge is 0.410 e. The van der Waals surface area contributed by atoms with Gasteiger partial charge in [-0.15, -0.1) is 5.10 Å². The minimum atomic E-state index is -1.15. The molecule has 5 nitrogen and oxygen atoms in total. The lowest BCUT2D eigenvalue weighted by atomic mass is 10.1. The number of nitrogens with zero attached hydrogens (tertiary/aromatic N) is 2. The van der Waals surface area contributed by atoms with Crippen molar-refractivity contribution in [2.75, 3.05) is 5.32 Å². The van der Waals surface area contributed by atoms with Crippen LogP contribution in [0.4, 0.5) is 10.6 Å². The first-order chi connectivity index (χ1) is 7.75. The first-order valence-electron chi connectivity index (χ1n) is 4.64. The predicted octanol–water partition coefficient (Wildman–Crippen LogP) is 2.23. The van der Waals surface area contributed by atoms with Crippen LogP contribution in [0.25, 0.3) is 11.1 Å². The van der Waals surface area contributed by atoms with Gasteiger partial charge in [-0.3, -0.25) is 5.32 Å². The average molecular weight is 215 g/mol. The second kappa shape index (κ2) is 4.39. The van der Waals surface area contributed by atoms with Gasteiger partial charge in [0.2, 0.25) is 0 Å². The Morgan fingerprint density at radius 2 is 1.94 bits per heavy atom. The third-order valence-electron chi connectivity index (χ3n) is 2.00. The molecule has 0 saturated carbocycles. The molecule has 0 aliphatic carbocycles. The lowest BCUT2D eigenvalue weighted by molar-refractivity contribution is 0.209. The van der Waals surface area contributed by atoms with E-state index in [2.05, 4.69) is 15.5 Å². The van der Waals surface area contributed by atoms with Crippen molar-refractivity contribution in [1.82, 2.24) is 10.2 Å². The van der Waals surface area contributed by atoms with E-state index in [0.717, 1.165) is 11.1 Å². The van der Waals surface area contributed by atoms with Crippen molar-refractivity contribution in [2.24, 2.45) is 0 Å². The molecule has 1 amide bonds. The Kier molecular flexibility index (Phi) is 2.77. The summed E-state index contributed by atoms with van der Waals surface area (Å²) in [4.78, 5) is 10.4. The standard InChI is InChI=1S/C11H9N3O2/c15-11(16)13-10-6-9(7-12-14-10)8-4-2-1-3-5-8/h1-7H,(H,13,14)(H,15,16). The highest BCUT2D eigenvalue weighted by atomic mass is 16.4. The van der Waals surface area contributed by atoms with Crippen LogP contribution in [0.15, 0.2) is 42.6 Å². The highest BCUT2D eigenvalue weighted by molar-refractivity contribution is 5.82. The molecule has 0 aliphatic rings. The van der Waals surface area contributed by atoms with E-state index in [1.807, 2.05) is 30.3 Å². The van der Waals surface area contributed by atoms with E-state index >= 15 is 0 Å². The molecule has 0 aliphatic heterocycles. The molecule has 1 heterocycles. The second-order valence-corrected chi connectivity index (χ2v) is 3.13. The normalized spacial score (nSPS) is 9.75. The lowest BCUT2D eigenvalue weighted by Gasteiger charge is -2.02. The first kappa shape index (κ1) is 10.1. The van der Waals surface area contributed by atoms with Crippen LogP contribution in [-0.2, 0) is 0 Å². The molecule has 0 fully saturated rings. The highest BCUT2D eigenvalue weighted by Gasteiger charge is 2.03. The topological polar surface area (TPSA) is 75.1 Å². The van der Waals surface area contributed by atoms with Crippen LogP contribution in [0.3, 0.4) is 0 Å². The van der Waals surface area contributed by atoms with Crippen molar-refractivity contribution in [3.8, 4) is 11.1 Å². The van der Waals surface area contributed by atoms with Gasteiger partial charge in [0.05, 0.1) is 6.20 Å². The maximum absolute atomic E-state index is 10.4. The molecule has 0 radical (unpaired) electrons. The molecule has 0 saturated heterocycles. The van der Waals surface area contributed by atoms with Gasteiger partial charge in [-0.2, -0.15) is 5.10 Å². The average Bonchev–Trinajstić information content (AvgIpc) is 2.30. The molecule has 2 rings (SSSR count). The zero-order valence-corrected chi connectivity index (χ0v) is 8.29. The summed E-state index contributed by atoms with van der Waals surface area (Å²) in [7, 11) is 0. The van der Waals surface area contributed by atoms with Gasteiger partial charge < -0.3 is 5.11 Å². The number of rotatable bonds is 2. The van der Waals surface area contributed by atoms with Gasteiger partial charge in [0.15, 0.2) is 5.82 Å². The third kappa shape index (κ3) is 2.33. The Balaban J connectivity index is 2.33. The summed E-state index contributed by atoms with van der Waals surface area (Å²) in [5, 5.41) is 18.1. The Morgan fingerprint density at radius 3 is 2.62 bits per heavy atom. The van der Waals surface area contributed by atoms with E-state index in [4.69, 9.17) is 5.11 Å². The molecule has 1 aromatic heterocycles. The van der Waals surface area contributed by atoms with Gasteiger partial charge >= 0.3 is 6.09 Å². The van der Waals surface area contributed by atoms with Crippen molar-refractivity contribution in [3.05, 3.63) is 42.6 Å². The monoisotopic (exact) mass is 215 g/mol. The number of hydrogen-bond acceptors (Lipinski definition) is 3. The Labute approximate surface area is 91.8 Å². The summed E-state index contributed by atoms with van der Waals surface area (Å²) in [6, 6.07) is 11.2. The summed E-state index contributed by atoms with van der Waals surface area (Å²) in [6.45, 7) is 0. The molecule has 2 N–H and O–H groups in total. The summed E-state index contributed by atoms with van der Waals surface area (Å²) in [5.74, 6) is 0.217. The zero-order valence-electron chi connectivity index (χ0n) is 8.29. The fraction of sp³-hybridized carbons (Fsp3) is 0. The quantitative estimate of drug-likeness (QED) is 0.805. The van der Waals surface area contributed by atoms with Crippen molar-refractivity contribution in [3.63, 3.8) is 0 Å². The number of carboxylic acid groups (broad SMARTS) is 1. The minimum Gasteiger partial charge on any atom is -0.465 e. The van der Waals surface area contributed by atoms with Crippen LogP contribution >= 0.6 is 0 Å². The van der Waals surface area contributed by atoms with E-state index in [-0.39, 0.29) is 5.82 Å².